The summed E-state index contributed by atoms with van der Waals surface area (Å²) in [6.07, 6.45) is 1.70. The summed E-state index contributed by atoms with van der Waals surface area (Å²) in [4.78, 5) is 22.5. The summed E-state index contributed by atoms with van der Waals surface area (Å²) >= 11 is 0. The van der Waals surface area contributed by atoms with Crippen LogP contribution in [0.15, 0.2) is 85.1 Å². The highest BCUT2D eigenvalue weighted by Gasteiger charge is 2.31. The Bertz CT molecular complexity index is 1340. The number of aromatic nitrogens is 1. The number of carbonyl (C=O) groups is 1. The van der Waals surface area contributed by atoms with Crippen molar-refractivity contribution in [2.45, 2.75) is 12.6 Å². The number of hydrogen-bond acceptors (Lipinski definition) is 6. The molecule has 0 spiro atoms. The van der Waals surface area contributed by atoms with Crippen molar-refractivity contribution >= 4 is 22.5 Å². The van der Waals surface area contributed by atoms with Crippen LogP contribution in [0.3, 0.4) is 0 Å². The van der Waals surface area contributed by atoms with Crippen molar-refractivity contribution in [2.75, 3.05) is 38.6 Å². The lowest BCUT2D eigenvalue weighted by Crippen LogP contribution is -2.49. The first kappa shape index (κ1) is 23.8. The standard InChI is InChI=1S/C29H30N4O3/c1-36-26-12-6-5-11-24(26)31-29(35)28(21-8-3-2-4-9-21)33-18-16-32(17-19-33)20-22-13-14-25(34)27-23(22)10-7-15-30-27/h2-15,28,34H,16-20H2,1H3,(H,31,35). The fourth-order valence-electron chi connectivity index (χ4n) is 4.89. The third kappa shape index (κ3) is 5.03. The molecule has 1 aliphatic rings. The van der Waals surface area contributed by atoms with E-state index in [-0.39, 0.29) is 11.7 Å². The van der Waals surface area contributed by atoms with Gasteiger partial charge in [-0.05, 0) is 35.4 Å². The van der Waals surface area contributed by atoms with Crippen LogP contribution in [-0.4, -0.2) is 59.1 Å². The van der Waals surface area contributed by atoms with Gasteiger partial charge in [0.2, 0.25) is 5.91 Å². The van der Waals surface area contributed by atoms with E-state index in [2.05, 4.69) is 20.1 Å². The molecule has 36 heavy (non-hydrogen) atoms. The Kier molecular flexibility index (Phi) is 7.11. The molecule has 1 fully saturated rings. The number of anilines is 1. The second-order valence-electron chi connectivity index (χ2n) is 8.96. The van der Waals surface area contributed by atoms with Crippen molar-refractivity contribution in [2.24, 2.45) is 0 Å². The van der Waals surface area contributed by atoms with Crippen molar-refractivity contribution in [3.63, 3.8) is 0 Å². The minimum atomic E-state index is -0.406. The number of phenolic OH excluding ortho intramolecular Hbond substituents is 1. The number of phenols is 1. The van der Waals surface area contributed by atoms with E-state index in [1.54, 1.807) is 19.4 Å². The third-order valence-corrected chi connectivity index (χ3v) is 6.73. The van der Waals surface area contributed by atoms with Gasteiger partial charge >= 0.3 is 0 Å². The average molecular weight is 483 g/mol. The van der Waals surface area contributed by atoms with Crippen LogP contribution in [-0.2, 0) is 11.3 Å². The highest BCUT2D eigenvalue weighted by atomic mass is 16.5. The molecule has 1 amide bonds. The van der Waals surface area contributed by atoms with E-state index in [0.717, 1.165) is 49.2 Å². The number of nitrogens with zero attached hydrogens (tertiary/aromatic N) is 3. The number of piperazine rings is 1. The molecule has 1 aromatic heterocycles. The summed E-state index contributed by atoms with van der Waals surface area (Å²) in [5, 5.41) is 14.2. The molecule has 0 bridgehead atoms. The summed E-state index contributed by atoms with van der Waals surface area (Å²) in [6, 6.07) is 24.6. The predicted octanol–water partition coefficient (Wildman–Crippen LogP) is 4.45. The van der Waals surface area contributed by atoms with E-state index in [1.165, 1.54) is 0 Å². The van der Waals surface area contributed by atoms with Crippen LogP contribution in [0.1, 0.15) is 17.2 Å². The number of fused-ring (bicyclic) bond motifs is 1. The molecular formula is C29H30N4O3. The van der Waals surface area contributed by atoms with Crippen molar-refractivity contribution in [1.82, 2.24) is 14.8 Å². The lowest BCUT2D eigenvalue weighted by atomic mass is 10.0. The van der Waals surface area contributed by atoms with Gasteiger partial charge in [-0.2, -0.15) is 0 Å². The monoisotopic (exact) mass is 482 g/mol. The molecule has 7 nitrogen and oxygen atoms in total. The second-order valence-corrected chi connectivity index (χ2v) is 8.96. The molecule has 1 saturated heterocycles. The molecule has 0 aliphatic carbocycles. The average Bonchev–Trinajstić information content (AvgIpc) is 2.92. The molecular weight excluding hydrogens is 452 g/mol. The van der Waals surface area contributed by atoms with E-state index in [1.807, 2.05) is 72.8 Å². The first-order valence-corrected chi connectivity index (χ1v) is 12.1. The molecule has 2 N–H and O–H groups in total. The fourth-order valence-corrected chi connectivity index (χ4v) is 4.89. The molecule has 5 rings (SSSR count). The molecule has 0 radical (unpaired) electrons. The van der Waals surface area contributed by atoms with Gasteiger partial charge < -0.3 is 15.2 Å². The molecule has 1 atom stereocenters. The molecule has 7 heteroatoms. The summed E-state index contributed by atoms with van der Waals surface area (Å²) in [5.74, 6) is 0.763. The summed E-state index contributed by atoms with van der Waals surface area (Å²) < 4.78 is 5.43. The Labute approximate surface area is 210 Å². The lowest BCUT2D eigenvalue weighted by Gasteiger charge is -2.39. The molecule has 2 heterocycles. The van der Waals surface area contributed by atoms with Crippen LogP contribution in [0.5, 0.6) is 11.5 Å². The van der Waals surface area contributed by atoms with Gasteiger partial charge in [-0.3, -0.25) is 19.6 Å². The maximum Gasteiger partial charge on any atom is 0.246 e. The Morgan fingerprint density at radius 3 is 2.50 bits per heavy atom. The molecule has 1 unspecified atom stereocenters. The second kappa shape index (κ2) is 10.8. The van der Waals surface area contributed by atoms with Gasteiger partial charge in [0.1, 0.15) is 23.1 Å². The Morgan fingerprint density at radius 1 is 0.972 bits per heavy atom. The van der Waals surface area contributed by atoms with Crippen LogP contribution < -0.4 is 10.1 Å². The smallest absolute Gasteiger partial charge is 0.246 e. The van der Waals surface area contributed by atoms with Gasteiger partial charge in [-0.1, -0.05) is 54.6 Å². The van der Waals surface area contributed by atoms with Crippen molar-refractivity contribution < 1.29 is 14.6 Å². The van der Waals surface area contributed by atoms with Crippen LogP contribution in [0, 0.1) is 0 Å². The van der Waals surface area contributed by atoms with E-state index in [0.29, 0.717) is 17.0 Å². The molecule has 0 saturated carbocycles. The topological polar surface area (TPSA) is 77.9 Å². The normalized spacial score (nSPS) is 15.5. The van der Waals surface area contributed by atoms with Gasteiger partial charge in [0.25, 0.3) is 0 Å². The molecule has 184 valence electrons. The lowest BCUT2D eigenvalue weighted by molar-refractivity contribution is -0.122. The Hall–Kier alpha value is -3.94. The molecule has 1 aliphatic heterocycles. The quantitative estimate of drug-likeness (QED) is 0.405. The third-order valence-electron chi connectivity index (χ3n) is 6.73. The maximum atomic E-state index is 13.6. The zero-order chi connectivity index (χ0) is 24.9. The first-order chi connectivity index (χ1) is 17.6. The first-order valence-electron chi connectivity index (χ1n) is 12.1. The zero-order valence-corrected chi connectivity index (χ0v) is 20.3. The van der Waals surface area contributed by atoms with Crippen LogP contribution in [0.2, 0.25) is 0 Å². The van der Waals surface area contributed by atoms with Gasteiger partial charge in [-0.25, -0.2) is 0 Å². The summed E-state index contributed by atoms with van der Waals surface area (Å²) in [5.41, 5.74) is 3.40. The number of benzene rings is 3. The number of pyridine rings is 1. The number of nitrogens with one attached hydrogen (secondary N) is 1. The van der Waals surface area contributed by atoms with Crippen LogP contribution in [0.4, 0.5) is 5.69 Å². The number of para-hydroxylation sites is 2. The van der Waals surface area contributed by atoms with E-state index in [9.17, 15) is 9.90 Å². The largest absolute Gasteiger partial charge is 0.506 e. The predicted molar refractivity (Wildman–Crippen MR) is 141 cm³/mol. The number of aromatic hydroxyl groups is 1. The van der Waals surface area contributed by atoms with Gasteiger partial charge in [0.15, 0.2) is 0 Å². The van der Waals surface area contributed by atoms with E-state index >= 15 is 0 Å². The van der Waals surface area contributed by atoms with E-state index < -0.39 is 6.04 Å². The van der Waals surface area contributed by atoms with Crippen molar-refractivity contribution in [3.05, 3.63) is 96.2 Å². The number of carbonyl (C=O) groups excluding carboxylic acids is 1. The number of amides is 1. The highest BCUT2D eigenvalue weighted by molar-refractivity contribution is 5.96. The SMILES string of the molecule is COc1ccccc1NC(=O)C(c1ccccc1)N1CCN(Cc2ccc(O)c3ncccc23)CC1. The van der Waals surface area contributed by atoms with Crippen molar-refractivity contribution in [1.29, 1.82) is 0 Å². The van der Waals surface area contributed by atoms with Crippen molar-refractivity contribution in [3.8, 4) is 11.5 Å². The zero-order valence-electron chi connectivity index (χ0n) is 20.3. The maximum absolute atomic E-state index is 13.6. The molecule has 3 aromatic carbocycles. The number of rotatable bonds is 7. The van der Waals surface area contributed by atoms with Gasteiger partial charge in [0.05, 0.1) is 12.8 Å². The Balaban J connectivity index is 1.32. The number of ether oxygens (including phenoxy) is 1. The minimum absolute atomic E-state index is 0.0743. The Morgan fingerprint density at radius 2 is 1.72 bits per heavy atom. The van der Waals surface area contributed by atoms with Crippen LogP contribution >= 0.6 is 0 Å². The van der Waals surface area contributed by atoms with E-state index in [4.69, 9.17) is 4.74 Å². The minimum Gasteiger partial charge on any atom is -0.506 e. The summed E-state index contributed by atoms with van der Waals surface area (Å²) in [7, 11) is 1.60. The summed E-state index contributed by atoms with van der Waals surface area (Å²) in [6.45, 7) is 3.93. The fraction of sp³-hybridized carbons (Fsp3) is 0.241. The highest BCUT2D eigenvalue weighted by Crippen LogP contribution is 2.30. The molecule has 4 aromatic rings. The van der Waals surface area contributed by atoms with Crippen LogP contribution in [0.25, 0.3) is 10.9 Å². The number of methoxy groups -OCH3 is 1. The van der Waals surface area contributed by atoms with Gasteiger partial charge in [-0.15, -0.1) is 0 Å². The number of hydrogen-bond donors (Lipinski definition) is 2. The van der Waals surface area contributed by atoms with Gasteiger partial charge in [0, 0.05) is 44.3 Å².